The van der Waals surface area contributed by atoms with Gasteiger partial charge in [0, 0.05) is 30.1 Å². The zero-order valence-corrected chi connectivity index (χ0v) is 15.7. The molecule has 27 heavy (non-hydrogen) atoms. The van der Waals surface area contributed by atoms with Gasteiger partial charge < -0.3 is 5.73 Å². The van der Waals surface area contributed by atoms with Crippen LogP contribution >= 0.6 is 11.8 Å². The van der Waals surface area contributed by atoms with Crippen LogP contribution in [0.15, 0.2) is 41.7 Å². The summed E-state index contributed by atoms with van der Waals surface area (Å²) in [4.78, 5) is 25.7. The number of carbonyl (C=O) groups is 1. The monoisotopic (exact) mass is 382 g/mol. The van der Waals surface area contributed by atoms with Gasteiger partial charge in [0.05, 0.1) is 5.69 Å². The summed E-state index contributed by atoms with van der Waals surface area (Å²) >= 11 is 1.54. The molecule has 0 aliphatic carbocycles. The molecule has 3 heterocycles. The molecule has 0 bridgehead atoms. The predicted octanol–water partition coefficient (Wildman–Crippen LogP) is 2.89. The van der Waals surface area contributed by atoms with Gasteiger partial charge in [-0.2, -0.15) is 0 Å². The van der Waals surface area contributed by atoms with E-state index in [4.69, 9.17) is 5.73 Å². The van der Waals surface area contributed by atoms with E-state index in [0.29, 0.717) is 16.4 Å². The molecule has 7 heteroatoms. The lowest BCUT2D eigenvalue weighted by Gasteiger charge is -2.28. The van der Waals surface area contributed by atoms with Gasteiger partial charge in [-0.3, -0.25) is 14.8 Å². The van der Waals surface area contributed by atoms with Crippen LogP contribution in [0, 0.1) is 11.8 Å². The number of ketones is 1. The second kappa shape index (κ2) is 8.31. The van der Waals surface area contributed by atoms with Crippen molar-refractivity contribution >= 4 is 22.7 Å². The highest BCUT2D eigenvalue weighted by Crippen LogP contribution is 2.34. The second-order valence-corrected chi connectivity index (χ2v) is 7.45. The van der Waals surface area contributed by atoms with E-state index in [2.05, 4.69) is 26.8 Å². The Balaban J connectivity index is 1.76. The maximum absolute atomic E-state index is 12.5. The number of nitrogens with two attached hydrogens (primary N) is 1. The third-order valence-corrected chi connectivity index (χ3v) is 5.08. The number of rotatable bonds is 4. The Morgan fingerprint density at radius 1 is 1.37 bits per heavy atom. The number of amidine groups is 1. The van der Waals surface area contributed by atoms with Crippen molar-refractivity contribution in [1.29, 1.82) is 0 Å². The van der Waals surface area contributed by atoms with Crippen molar-refractivity contribution in [2.75, 3.05) is 12.4 Å². The number of Topliss-reactive ketones (excluding diaryl/α,β-unsaturated/α-hetero) is 1. The first kappa shape index (κ1) is 19.1. The molecule has 0 radical (unpaired) electrons. The van der Waals surface area contributed by atoms with Gasteiger partial charge in [-0.1, -0.05) is 23.6 Å². The number of aliphatic imine (C=N–C) groups is 1. The van der Waals surface area contributed by atoms with Gasteiger partial charge in [0.2, 0.25) is 0 Å². The van der Waals surface area contributed by atoms with E-state index in [1.165, 1.54) is 6.20 Å². The first-order valence-corrected chi connectivity index (χ1v) is 9.46. The molecule has 2 N–H and O–H groups in total. The molecular weight excluding hydrogens is 363 g/mol. The van der Waals surface area contributed by atoms with E-state index in [1.807, 2.05) is 19.1 Å². The van der Waals surface area contributed by atoms with E-state index in [9.17, 15) is 9.18 Å². The van der Waals surface area contributed by atoms with Crippen LogP contribution in [0.2, 0.25) is 0 Å². The third-order valence-electron chi connectivity index (χ3n) is 4.29. The van der Waals surface area contributed by atoms with Gasteiger partial charge in [-0.15, -0.1) is 0 Å². The van der Waals surface area contributed by atoms with Crippen LogP contribution in [-0.4, -0.2) is 33.3 Å². The summed E-state index contributed by atoms with van der Waals surface area (Å²) in [6.07, 6.45) is 4.22. The zero-order chi connectivity index (χ0) is 19.3. The summed E-state index contributed by atoms with van der Waals surface area (Å²) in [6, 6.07) is 7.00. The van der Waals surface area contributed by atoms with Crippen LogP contribution in [0.4, 0.5) is 4.39 Å². The molecule has 2 aromatic rings. The molecule has 3 rings (SSSR count). The molecule has 1 aliphatic rings. The van der Waals surface area contributed by atoms with Crippen LogP contribution in [0.25, 0.3) is 0 Å². The zero-order valence-electron chi connectivity index (χ0n) is 14.9. The van der Waals surface area contributed by atoms with E-state index in [1.54, 1.807) is 30.1 Å². The highest BCUT2D eigenvalue weighted by atomic mass is 32.2. The van der Waals surface area contributed by atoms with Gasteiger partial charge in [-0.25, -0.2) is 9.38 Å². The summed E-state index contributed by atoms with van der Waals surface area (Å²) in [5, 5.41) is 0.562. The first-order chi connectivity index (χ1) is 13.0. The van der Waals surface area contributed by atoms with Crippen molar-refractivity contribution in [2.45, 2.75) is 25.3 Å². The number of alkyl halides is 1. The molecule has 1 aliphatic heterocycles. The molecule has 138 valence electrons. The Labute approximate surface area is 161 Å². The Kier molecular flexibility index (Phi) is 5.87. The maximum Gasteiger partial charge on any atom is 0.185 e. The molecule has 0 unspecified atom stereocenters. The molecule has 0 fully saturated rings. The lowest BCUT2D eigenvalue weighted by Crippen LogP contribution is -2.29. The summed E-state index contributed by atoms with van der Waals surface area (Å²) in [5.74, 6) is 5.74. The van der Waals surface area contributed by atoms with Crippen LogP contribution in [0.3, 0.4) is 0 Å². The van der Waals surface area contributed by atoms with E-state index in [0.717, 1.165) is 23.4 Å². The van der Waals surface area contributed by atoms with Crippen molar-refractivity contribution < 1.29 is 9.18 Å². The summed E-state index contributed by atoms with van der Waals surface area (Å²) in [6.45, 7) is 1.30. The average Bonchev–Trinajstić information content (AvgIpc) is 2.67. The fourth-order valence-electron chi connectivity index (χ4n) is 2.79. The molecule has 0 amide bonds. The van der Waals surface area contributed by atoms with Crippen LogP contribution < -0.4 is 5.73 Å². The van der Waals surface area contributed by atoms with Crippen molar-refractivity contribution in [2.24, 2.45) is 10.7 Å². The number of hydrogen-bond donors (Lipinski definition) is 1. The number of thioether (sulfide) groups is 1. The molecule has 0 saturated carbocycles. The molecule has 0 spiro atoms. The fourth-order valence-corrected chi connectivity index (χ4v) is 3.77. The van der Waals surface area contributed by atoms with Crippen molar-refractivity contribution in [3.63, 3.8) is 0 Å². The van der Waals surface area contributed by atoms with E-state index < -0.39 is 12.2 Å². The SMILES string of the molecule is C[C@@]1(c2cc(CC(=O)c3ccc(C#CCF)cn3)ccn2)CCSC(N)=N1. The molecule has 0 aromatic carbocycles. The quantitative estimate of drug-likeness (QED) is 0.650. The van der Waals surface area contributed by atoms with E-state index >= 15 is 0 Å². The lowest BCUT2D eigenvalue weighted by molar-refractivity contribution is 0.0988. The summed E-state index contributed by atoms with van der Waals surface area (Å²) in [7, 11) is 0. The Morgan fingerprint density at radius 2 is 2.22 bits per heavy atom. The highest BCUT2D eigenvalue weighted by molar-refractivity contribution is 8.13. The van der Waals surface area contributed by atoms with E-state index in [-0.39, 0.29) is 12.2 Å². The van der Waals surface area contributed by atoms with Gasteiger partial charge in [-0.05, 0) is 43.2 Å². The average molecular weight is 382 g/mol. The lowest BCUT2D eigenvalue weighted by atomic mass is 9.92. The Hall–Kier alpha value is -2.72. The standard InChI is InChI=1S/C20H19FN4OS/c1-20(7-10-27-19(22)25-20)18-12-15(6-9-23-18)11-17(26)16-5-4-14(13-24-16)3-2-8-21/h4-6,9,12-13H,7-8,10-11H2,1H3,(H2,22,25)/t20-/m0/s1. The number of carbonyl (C=O) groups excluding carboxylic acids is 1. The highest BCUT2D eigenvalue weighted by Gasteiger charge is 2.31. The number of pyridine rings is 2. The molecule has 1 atom stereocenters. The van der Waals surface area contributed by atoms with Crippen molar-refractivity contribution in [3.05, 3.63) is 59.2 Å². The largest absolute Gasteiger partial charge is 0.379 e. The number of aromatic nitrogens is 2. The Morgan fingerprint density at radius 3 is 2.93 bits per heavy atom. The first-order valence-electron chi connectivity index (χ1n) is 8.48. The van der Waals surface area contributed by atoms with Gasteiger partial charge >= 0.3 is 0 Å². The smallest absolute Gasteiger partial charge is 0.185 e. The topological polar surface area (TPSA) is 81.2 Å². The van der Waals surface area contributed by atoms with Crippen LogP contribution in [0.1, 0.15) is 40.7 Å². The minimum absolute atomic E-state index is 0.107. The van der Waals surface area contributed by atoms with Crippen LogP contribution in [-0.2, 0) is 12.0 Å². The van der Waals surface area contributed by atoms with Crippen molar-refractivity contribution in [1.82, 2.24) is 9.97 Å². The maximum atomic E-state index is 12.5. The Bertz CT molecular complexity index is 933. The predicted molar refractivity (Wildman–Crippen MR) is 105 cm³/mol. The minimum atomic E-state index is -0.710. The van der Waals surface area contributed by atoms with Crippen LogP contribution in [0.5, 0.6) is 0 Å². The van der Waals surface area contributed by atoms with Gasteiger partial charge in [0.25, 0.3) is 0 Å². The summed E-state index contributed by atoms with van der Waals surface area (Å²) in [5.41, 5.74) is 7.99. The van der Waals surface area contributed by atoms with Crippen molar-refractivity contribution in [3.8, 4) is 11.8 Å². The minimum Gasteiger partial charge on any atom is -0.379 e. The number of hydrogen-bond acceptors (Lipinski definition) is 6. The normalized spacial score (nSPS) is 19.0. The molecule has 5 nitrogen and oxygen atoms in total. The fraction of sp³-hybridized carbons (Fsp3) is 0.300. The molecular formula is C20H19FN4OS. The van der Waals surface area contributed by atoms with Gasteiger partial charge in [0.15, 0.2) is 17.6 Å². The number of nitrogens with zero attached hydrogens (tertiary/aromatic N) is 3. The molecule has 2 aromatic heterocycles. The summed E-state index contributed by atoms with van der Waals surface area (Å²) < 4.78 is 12.1. The second-order valence-electron chi connectivity index (χ2n) is 6.34. The molecule has 0 saturated heterocycles. The van der Waals surface area contributed by atoms with Gasteiger partial charge in [0.1, 0.15) is 11.2 Å². The number of halogens is 1. The third kappa shape index (κ3) is 4.72.